The fourth-order valence-corrected chi connectivity index (χ4v) is 2.79. The van der Waals surface area contributed by atoms with Crippen LogP contribution in [0.15, 0.2) is 24.5 Å². The lowest BCUT2D eigenvalue weighted by Gasteiger charge is -2.24. The van der Waals surface area contributed by atoms with E-state index in [1.807, 2.05) is 6.92 Å². The highest BCUT2D eigenvalue weighted by atomic mass is 35.5. The largest absolute Gasteiger partial charge is 0.495 e. The smallest absolute Gasteiger partial charge is 0.325 e. The van der Waals surface area contributed by atoms with E-state index in [4.69, 9.17) is 25.8 Å². The number of rotatable bonds is 6. The van der Waals surface area contributed by atoms with E-state index in [0.717, 1.165) is 12.2 Å². The van der Waals surface area contributed by atoms with Crippen LogP contribution in [0.1, 0.15) is 5.69 Å². The summed E-state index contributed by atoms with van der Waals surface area (Å²) in [7, 11) is 1.51. The molecule has 0 aliphatic carbocycles. The Kier molecular flexibility index (Phi) is 6.85. The molecule has 0 spiro atoms. The number of halogens is 1. The summed E-state index contributed by atoms with van der Waals surface area (Å²) in [6, 6.07) is 2.69. The standard InChI is InChI=1S/C18H22ClN5O4/c1-11-7-22-17(9-21-11)24-18(25)23-14-5-13(19)15(26-2)6-16(14)28-10-12-8-20-3-4-27-12/h5-7,9,12,20H,3-4,8,10H2,1-2H3,(H2,22,23,24,25). The van der Waals surface area contributed by atoms with Crippen molar-refractivity contribution in [1.29, 1.82) is 0 Å². The van der Waals surface area contributed by atoms with E-state index in [1.165, 1.54) is 13.3 Å². The van der Waals surface area contributed by atoms with Crippen LogP contribution in [0.2, 0.25) is 5.02 Å². The number of nitrogens with one attached hydrogen (secondary N) is 3. The van der Waals surface area contributed by atoms with Crippen LogP contribution in [0.3, 0.4) is 0 Å². The topological polar surface area (TPSA) is 107 Å². The number of morpholine rings is 1. The predicted molar refractivity (Wildman–Crippen MR) is 106 cm³/mol. The first kappa shape index (κ1) is 20.1. The first-order valence-electron chi connectivity index (χ1n) is 8.74. The summed E-state index contributed by atoms with van der Waals surface area (Å²) in [5.74, 6) is 1.18. The van der Waals surface area contributed by atoms with Crippen molar-refractivity contribution in [2.75, 3.05) is 44.0 Å². The summed E-state index contributed by atoms with van der Waals surface area (Å²) in [4.78, 5) is 20.5. The van der Waals surface area contributed by atoms with Gasteiger partial charge in [0.15, 0.2) is 5.82 Å². The molecule has 1 fully saturated rings. The molecule has 1 saturated heterocycles. The summed E-state index contributed by atoms with van der Waals surface area (Å²) in [5, 5.41) is 8.91. The number of urea groups is 1. The van der Waals surface area contributed by atoms with Crippen molar-refractivity contribution < 1.29 is 19.0 Å². The number of hydrogen-bond acceptors (Lipinski definition) is 7. The molecular formula is C18H22ClN5O4. The van der Waals surface area contributed by atoms with Gasteiger partial charge in [0.25, 0.3) is 0 Å². The monoisotopic (exact) mass is 407 g/mol. The van der Waals surface area contributed by atoms with E-state index in [1.54, 1.807) is 18.3 Å². The molecule has 150 valence electrons. The van der Waals surface area contributed by atoms with Gasteiger partial charge in [-0.25, -0.2) is 9.78 Å². The van der Waals surface area contributed by atoms with Crippen LogP contribution < -0.4 is 25.4 Å². The van der Waals surface area contributed by atoms with Crippen LogP contribution in [0.25, 0.3) is 0 Å². The van der Waals surface area contributed by atoms with E-state index in [9.17, 15) is 4.79 Å². The van der Waals surface area contributed by atoms with Crippen LogP contribution >= 0.6 is 11.6 Å². The van der Waals surface area contributed by atoms with Gasteiger partial charge in [-0.1, -0.05) is 11.6 Å². The number of benzene rings is 1. The van der Waals surface area contributed by atoms with Gasteiger partial charge in [0.05, 0.1) is 42.5 Å². The molecule has 3 N–H and O–H groups in total. The maximum absolute atomic E-state index is 12.3. The average Bonchev–Trinajstić information content (AvgIpc) is 2.70. The zero-order valence-corrected chi connectivity index (χ0v) is 16.4. The van der Waals surface area contributed by atoms with Gasteiger partial charge < -0.3 is 24.8 Å². The summed E-state index contributed by atoms with van der Waals surface area (Å²) < 4.78 is 16.7. The van der Waals surface area contributed by atoms with Crippen molar-refractivity contribution in [3.63, 3.8) is 0 Å². The zero-order chi connectivity index (χ0) is 19.9. The molecule has 28 heavy (non-hydrogen) atoms. The molecule has 2 amide bonds. The van der Waals surface area contributed by atoms with Gasteiger partial charge in [0.1, 0.15) is 24.2 Å². The fourth-order valence-electron chi connectivity index (χ4n) is 2.54. The van der Waals surface area contributed by atoms with E-state index in [0.29, 0.717) is 47.8 Å². The number of aromatic nitrogens is 2. The van der Waals surface area contributed by atoms with E-state index < -0.39 is 6.03 Å². The van der Waals surface area contributed by atoms with Crippen molar-refractivity contribution in [2.45, 2.75) is 13.0 Å². The van der Waals surface area contributed by atoms with Gasteiger partial charge in [-0.05, 0) is 13.0 Å². The molecule has 1 aliphatic heterocycles. The van der Waals surface area contributed by atoms with Crippen LogP contribution in [-0.2, 0) is 4.74 Å². The minimum absolute atomic E-state index is 0.0834. The summed E-state index contributed by atoms with van der Waals surface area (Å²) >= 11 is 6.20. The Labute approximate surface area is 167 Å². The van der Waals surface area contributed by atoms with Gasteiger partial charge in [-0.2, -0.15) is 0 Å². The first-order valence-corrected chi connectivity index (χ1v) is 9.12. The van der Waals surface area contributed by atoms with Gasteiger partial charge in [0.2, 0.25) is 0 Å². The average molecular weight is 408 g/mol. The number of carbonyl (C=O) groups excluding carboxylic acids is 1. The molecule has 1 aromatic carbocycles. The second kappa shape index (κ2) is 9.54. The molecule has 2 aromatic rings. The number of hydrogen-bond donors (Lipinski definition) is 3. The molecule has 1 aliphatic rings. The Morgan fingerprint density at radius 3 is 2.86 bits per heavy atom. The van der Waals surface area contributed by atoms with Crippen molar-refractivity contribution >= 4 is 29.1 Å². The molecule has 0 saturated carbocycles. The Hall–Kier alpha value is -2.62. The fraction of sp³-hybridized carbons (Fsp3) is 0.389. The quantitative estimate of drug-likeness (QED) is 0.675. The van der Waals surface area contributed by atoms with E-state index >= 15 is 0 Å². The van der Waals surface area contributed by atoms with Crippen molar-refractivity contribution in [1.82, 2.24) is 15.3 Å². The minimum Gasteiger partial charge on any atom is -0.495 e. The second-order valence-corrected chi connectivity index (χ2v) is 6.52. The Bertz CT molecular complexity index is 812. The SMILES string of the molecule is COc1cc(OCC2CNCCO2)c(NC(=O)Nc2cnc(C)cn2)cc1Cl. The summed E-state index contributed by atoms with van der Waals surface area (Å²) in [6.07, 6.45) is 2.95. The van der Waals surface area contributed by atoms with Crippen LogP contribution in [0, 0.1) is 6.92 Å². The highest BCUT2D eigenvalue weighted by Crippen LogP contribution is 2.36. The number of anilines is 2. The zero-order valence-electron chi connectivity index (χ0n) is 15.6. The molecule has 2 heterocycles. The Morgan fingerprint density at radius 2 is 2.18 bits per heavy atom. The third-order valence-corrected chi connectivity index (χ3v) is 4.25. The lowest BCUT2D eigenvalue weighted by molar-refractivity contribution is 0.000316. The Morgan fingerprint density at radius 1 is 1.32 bits per heavy atom. The molecule has 1 atom stereocenters. The summed E-state index contributed by atoms with van der Waals surface area (Å²) in [6.45, 7) is 4.27. The van der Waals surface area contributed by atoms with Crippen LogP contribution in [0.5, 0.6) is 11.5 Å². The third kappa shape index (κ3) is 5.44. The first-order chi connectivity index (χ1) is 13.5. The van der Waals surface area contributed by atoms with Crippen molar-refractivity contribution in [3.8, 4) is 11.5 Å². The Balaban J connectivity index is 1.71. The lowest BCUT2D eigenvalue weighted by atomic mass is 10.2. The maximum Gasteiger partial charge on any atom is 0.325 e. The van der Waals surface area contributed by atoms with Gasteiger partial charge >= 0.3 is 6.03 Å². The molecule has 1 unspecified atom stereocenters. The number of amides is 2. The molecular weight excluding hydrogens is 386 g/mol. The number of methoxy groups -OCH3 is 1. The number of nitrogens with zero attached hydrogens (tertiary/aromatic N) is 2. The number of aryl methyl sites for hydroxylation is 1. The lowest BCUT2D eigenvalue weighted by Crippen LogP contribution is -2.41. The highest BCUT2D eigenvalue weighted by Gasteiger charge is 2.18. The van der Waals surface area contributed by atoms with Gasteiger partial charge in [-0.3, -0.25) is 10.3 Å². The summed E-state index contributed by atoms with van der Waals surface area (Å²) in [5.41, 5.74) is 1.15. The number of ether oxygens (including phenoxy) is 3. The molecule has 3 rings (SSSR count). The molecule has 0 bridgehead atoms. The van der Waals surface area contributed by atoms with Crippen LogP contribution in [-0.4, -0.2) is 55.5 Å². The van der Waals surface area contributed by atoms with Gasteiger partial charge in [0, 0.05) is 19.2 Å². The van der Waals surface area contributed by atoms with Crippen LogP contribution in [0.4, 0.5) is 16.3 Å². The minimum atomic E-state index is -0.500. The third-order valence-electron chi connectivity index (χ3n) is 3.95. The molecule has 10 heteroatoms. The maximum atomic E-state index is 12.3. The predicted octanol–water partition coefficient (Wildman–Crippen LogP) is 2.46. The van der Waals surface area contributed by atoms with E-state index in [-0.39, 0.29) is 6.10 Å². The molecule has 1 aromatic heterocycles. The van der Waals surface area contributed by atoms with Crippen molar-refractivity contribution in [3.05, 3.63) is 35.2 Å². The highest BCUT2D eigenvalue weighted by molar-refractivity contribution is 6.32. The number of carbonyl (C=O) groups is 1. The molecule has 9 nitrogen and oxygen atoms in total. The van der Waals surface area contributed by atoms with Crippen molar-refractivity contribution in [2.24, 2.45) is 0 Å². The normalized spacial score (nSPS) is 16.3. The van der Waals surface area contributed by atoms with Gasteiger partial charge in [-0.15, -0.1) is 0 Å². The second-order valence-electron chi connectivity index (χ2n) is 6.11. The van der Waals surface area contributed by atoms with E-state index in [2.05, 4.69) is 25.9 Å². The molecule has 0 radical (unpaired) electrons.